The Hall–Kier alpha value is -4.40. The number of aliphatic carboxylic acids is 1. The minimum absolute atomic E-state index is 0.183. The van der Waals surface area contributed by atoms with Crippen molar-refractivity contribution in [3.63, 3.8) is 0 Å². The van der Waals surface area contributed by atoms with Gasteiger partial charge in [-0.2, -0.15) is 0 Å². The first-order valence-corrected chi connectivity index (χ1v) is 14.6. The van der Waals surface area contributed by atoms with E-state index in [1.165, 1.54) is 5.56 Å². The van der Waals surface area contributed by atoms with Crippen molar-refractivity contribution >= 4 is 46.3 Å². The highest BCUT2D eigenvalue weighted by molar-refractivity contribution is 8.26. The van der Waals surface area contributed by atoms with Crippen LogP contribution in [0.15, 0.2) is 102 Å². The second-order valence-electron chi connectivity index (χ2n) is 9.95. The van der Waals surface area contributed by atoms with Crippen LogP contribution in [0.5, 0.6) is 11.5 Å². The molecule has 0 saturated carbocycles. The van der Waals surface area contributed by atoms with Crippen molar-refractivity contribution in [3.8, 4) is 11.5 Å². The number of hydrogen-bond donors (Lipinski definition) is 1. The van der Waals surface area contributed by atoms with E-state index in [4.69, 9.17) is 21.7 Å². The van der Waals surface area contributed by atoms with Crippen LogP contribution in [-0.2, 0) is 22.8 Å². The Labute approximate surface area is 254 Å². The number of rotatable bonds is 10. The highest BCUT2D eigenvalue weighted by atomic mass is 32.2. The van der Waals surface area contributed by atoms with Gasteiger partial charge in [0, 0.05) is 11.6 Å². The van der Waals surface area contributed by atoms with Crippen LogP contribution in [0.2, 0.25) is 0 Å². The lowest BCUT2D eigenvalue weighted by atomic mass is 10.1. The van der Waals surface area contributed by atoms with Crippen LogP contribution in [0.25, 0.3) is 6.08 Å². The van der Waals surface area contributed by atoms with Gasteiger partial charge in [0.15, 0.2) is 6.04 Å². The van der Waals surface area contributed by atoms with Crippen molar-refractivity contribution in [2.45, 2.75) is 33.1 Å². The predicted molar refractivity (Wildman–Crippen MR) is 169 cm³/mol. The van der Waals surface area contributed by atoms with Crippen LogP contribution in [0, 0.1) is 13.8 Å². The molecule has 0 bridgehead atoms. The van der Waals surface area contributed by atoms with Gasteiger partial charge in [0.25, 0.3) is 5.91 Å². The van der Waals surface area contributed by atoms with Gasteiger partial charge in [-0.15, -0.1) is 0 Å². The summed E-state index contributed by atoms with van der Waals surface area (Å²) in [6, 6.07) is 29.0. The number of carbonyl (C=O) groups excluding carboxylic acids is 1. The van der Waals surface area contributed by atoms with E-state index in [-0.39, 0.29) is 4.32 Å². The molecule has 5 rings (SSSR count). The van der Waals surface area contributed by atoms with Gasteiger partial charge in [-0.1, -0.05) is 114 Å². The van der Waals surface area contributed by atoms with Gasteiger partial charge in [0.05, 0.1) is 4.91 Å². The molecule has 4 aromatic carbocycles. The smallest absolute Gasteiger partial charge is 0.331 e. The summed E-state index contributed by atoms with van der Waals surface area (Å²) in [7, 11) is 0. The van der Waals surface area contributed by atoms with E-state index >= 15 is 0 Å². The average Bonchev–Trinajstić information content (AvgIpc) is 3.26. The lowest BCUT2D eigenvalue weighted by molar-refractivity contribution is -0.145. The molecule has 1 aliphatic rings. The van der Waals surface area contributed by atoms with Gasteiger partial charge in [-0.3, -0.25) is 9.69 Å². The standard InChI is InChI=1S/C34H29NO5S2/c1-22-8-12-24(13-9-22)20-39-28-17-16-27(29(19-28)40-21-25-14-10-23(2)11-15-25)18-30-32(36)35(34(41)42-30)31(33(37)38)26-6-4-3-5-7-26/h3-19,31H,20-21H2,1-2H3,(H,37,38). The molecule has 1 unspecified atom stereocenters. The second-order valence-corrected chi connectivity index (χ2v) is 11.6. The third kappa shape index (κ3) is 6.90. The molecule has 1 amide bonds. The van der Waals surface area contributed by atoms with Crippen LogP contribution in [0.4, 0.5) is 0 Å². The molecule has 42 heavy (non-hydrogen) atoms. The molecule has 8 heteroatoms. The monoisotopic (exact) mass is 595 g/mol. The van der Waals surface area contributed by atoms with Crippen molar-refractivity contribution in [1.82, 2.24) is 4.90 Å². The van der Waals surface area contributed by atoms with Crippen molar-refractivity contribution in [2.24, 2.45) is 0 Å². The lowest BCUT2D eigenvalue weighted by Crippen LogP contribution is -2.37. The van der Waals surface area contributed by atoms with E-state index in [0.717, 1.165) is 33.4 Å². The van der Waals surface area contributed by atoms with Crippen LogP contribution >= 0.6 is 24.0 Å². The number of carboxylic acid groups (broad SMARTS) is 1. The fraction of sp³-hybridized carbons (Fsp3) is 0.147. The number of aryl methyl sites for hydroxylation is 2. The average molecular weight is 596 g/mol. The van der Waals surface area contributed by atoms with E-state index in [2.05, 4.69) is 0 Å². The number of thioether (sulfide) groups is 1. The fourth-order valence-corrected chi connectivity index (χ4v) is 5.73. The summed E-state index contributed by atoms with van der Waals surface area (Å²) in [6.07, 6.45) is 1.69. The molecule has 1 heterocycles. The summed E-state index contributed by atoms with van der Waals surface area (Å²) < 4.78 is 12.5. The Morgan fingerprint density at radius 3 is 2.07 bits per heavy atom. The molecule has 1 N–H and O–H groups in total. The molecule has 4 aromatic rings. The minimum Gasteiger partial charge on any atom is -0.489 e. The van der Waals surface area contributed by atoms with Gasteiger partial charge < -0.3 is 14.6 Å². The van der Waals surface area contributed by atoms with Crippen molar-refractivity contribution in [3.05, 3.63) is 135 Å². The van der Waals surface area contributed by atoms with Gasteiger partial charge in [0.1, 0.15) is 29.0 Å². The number of thiocarbonyl (C=S) groups is 1. The zero-order valence-electron chi connectivity index (χ0n) is 23.2. The summed E-state index contributed by atoms with van der Waals surface area (Å²) in [6.45, 7) is 4.78. The molecule has 1 saturated heterocycles. The highest BCUT2D eigenvalue weighted by Gasteiger charge is 2.41. The first kappa shape index (κ1) is 29.1. The first-order valence-electron chi connectivity index (χ1n) is 13.3. The fourth-order valence-electron chi connectivity index (χ4n) is 4.43. The quantitative estimate of drug-likeness (QED) is 0.150. The molecule has 0 spiro atoms. The van der Waals surface area contributed by atoms with E-state index in [1.807, 2.05) is 74.5 Å². The topological polar surface area (TPSA) is 76.1 Å². The molecule has 212 valence electrons. The maximum Gasteiger partial charge on any atom is 0.331 e. The molecule has 0 aromatic heterocycles. The highest BCUT2D eigenvalue weighted by Crippen LogP contribution is 2.40. The number of amides is 1. The molecule has 6 nitrogen and oxygen atoms in total. The molecular formula is C34H29NO5S2. The number of carbonyl (C=O) groups is 2. The molecule has 1 atom stereocenters. The predicted octanol–water partition coefficient (Wildman–Crippen LogP) is 7.49. The molecule has 0 aliphatic carbocycles. The summed E-state index contributed by atoms with van der Waals surface area (Å²) in [5, 5.41) is 10.00. The zero-order chi connectivity index (χ0) is 29.6. The van der Waals surface area contributed by atoms with Crippen LogP contribution in [-0.4, -0.2) is 26.2 Å². The largest absolute Gasteiger partial charge is 0.489 e. The lowest BCUT2D eigenvalue weighted by Gasteiger charge is -2.23. The number of hydrogen-bond acceptors (Lipinski definition) is 6. The number of benzene rings is 4. The van der Waals surface area contributed by atoms with Crippen molar-refractivity contribution in [1.29, 1.82) is 0 Å². The first-order chi connectivity index (χ1) is 20.3. The van der Waals surface area contributed by atoms with Crippen LogP contribution in [0.1, 0.15) is 39.4 Å². The molecule has 1 fully saturated rings. The number of carboxylic acids is 1. The third-order valence-corrected chi connectivity index (χ3v) is 8.07. The van der Waals surface area contributed by atoms with Gasteiger partial charge >= 0.3 is 5.97 Å². The molecular weight excluding hydrogens is 567 g/mol. The molecule has 0 radical (unpaired) electrons. The third-order valence-electron chi connectivity index (χ3n) is 6.74. The van der Waals surface area contributed by atoms with Crippen LogP contribution < -0.4 is 9.47 Å². The Morgan fingerprint density at radius 1 is 0.881 bits per heavy atom. The van der Waals surface area contributed by atoms with E-state index in [0.29, 0.717) is 40.7 Å². The summed E-state index contributed by atoms with van der Waals surface area (Å²) in [5.74, 6) is -0.476. The Balaban J connectivity index is 1.43. The van der Waals surface area contributed by atoms with Crippen molar-refractivity contribution < 1.29 is 24.2 Å². The maximum atomic E-state index is 13.5. The maximum absolute atomic E-state index is 13.5. The minimum atomic E-state index is -1.22. The zero-order valence-corrected chi connectivity index (χ0v) is 24.8. The normalized spacial score (nSPS) is 14.7. The Kier molecular flexibility index (Phi) is 9.05. The summed E-state index contributed by atoms with van der Waals surface area (Å²) in [5.41, 5.74) is 5.50. The van der Waals surface area contributed by atoms with E-state index in [9.17, 15) is 14.7 Å². The Morgan fingerprint density at radius 2 is 1.48 bits per heavy atom. The number of nitrogens with zero attached hydrogens (tertiary/aromatic N) is 1. The van der Waals surface area contributed by atoms with E-state index < -0.39 is 17.9 Å². The SMILES string of the molecule is Cc1ccc(COc2ccc(C=C3SC(=S)N(C(C(=O)O)c4ccccc4)C3=O)c(OCc3ccc(C)cc3)c2)cc1. The van der Waals surface area contributed by atoms with E-state index in [1.54, 1.807) is 42.5 Å². The van der Waals surface area contributed by atoms with Crippen molar-refractivity contribution in [2.75, 3.05) is 0 Å². The van der Waals surface area contributed by atoms with Gasteiger partial charge in [0.2, 0.25) is 0 Å². The molecule has 1 aliphatic heterocycles. The Bertz CT molecular complexity index is 1630. The number of ether oxygens (including phenoxy) is 2. The summed E-state index contributed by atoms with van der Waals surface area (Å²) in [4.78, 5) is 27.3. The van der Waals surface area contributed by atoms with Gasteiger partial charge in [-0.05, 0) is 48.7 Å². The summed E-state index contributed by atoms with van der Waals surface area (Å²) >= 11 is 6.56. The van der Waals surface area contributed by atoms with Gasteiger partial charge in [-0.25, -0.2) is 4.79 Å². The second kappa shape index (κ2) is 13.1. The van der Waals surface area contributed by atoms with Crippen LogP contribution in [0.3, 0.4) is 0 Å².